The highest BCUT2D eigenvalue weighted by molar-refractivity contribution is 7.90. The van der Waals surface area contributed by atoms with Crippen molar-refractivity contribution >= 4 is 27.7 Å². The summed E-state index contributed by atoms with van der Waals surface area (Å²) in [5.41, 5.74) is 0.659. The standard InChI is InChI=1S/C24H32F2N4O4S/c1-5-6-15-27-24(32)18(2)29(16-19-7-9-20(25)10-8-19)23(31)17-30(35(33,34)28(3)4)22-13-11-21(26)12-14-22/h7-14,18H,5-6,15-17H2,1-4H3,(H,27,32)/t18-/m0/s1. The first-order chi connectivity index (χ1) is 16.5. The van der Waals surface area contributed by atoms with E-state index < -0.39 is 46.2 Å². The summed E-state index contributed by atoms with van der Waals surface area (Å²) in [5, 5.41) is 2.78. The van der Waals surface area contributed by atoms with E-state index >= 15 is 0 Å². The molecule has 0 fully saturated rings. The maximum atomic E-state index is 13.5. The molecule has 2 aromatic rings. The van der Waals surface area contributed by atoms with E-state index in [9.17, 15) is 26.8 Å². The number of nitrogens with one attached hydrogen (secondary N) is 1. The van der Waals surface area contributed by atoms with Crippen LogP contribution in [0, 0.1) is 11.6 Å². The van der Waals surface area contributed by atoms with Gasteiger partial charge in [-0.1, -0.05) is 25.5 Å². The summed E-state index contributed by atoms with van der Waals surface area (Å²) in [6, 6.07) is 9.25. The zero-order valence-electron chi connectivity index (χ0n) is 20.4. The van der Waals surface area contributed by atoms with Crippen molar-refractivity contribution < 1.29 is 26.8 Å². The molecule has 0 aliphatic heterocycles. The normalized spacial score (nSPS) is 12.3. The number of hydrogen-bond donors (Lipinski definition) is 1. The number of carbonyl (C=O) groups excluding carboxylic acids is 2. The summed E-state index contributed by atoms with van der Waals surface area (Å²) in [4.78, 5) is 27.5. The van der Waals surface area contributed by atoms with Crippen molar-refractivity contribution in [2.75, 3.05) is 31.5 Å². The van der Waals surface area contributed by atoms with Crippen LogP contribution in [0.1, 0.15) is 32.3 Å². The van der Waals surface area contributed by atoms with Gasteiger partial charge in [0.1, 0.15) is 24.2 Å². The van der Waals surface area contributed by atoms with Crippen molar-refractivity contribution in [2.24, 2.45) is 0 Å². The van der Waals surface area contributed by atoms with E-state index in [1.165, 1.54) is 55.4 Å². The van der Waals surface area contributed by atoms with Crippen LogP contribution in [-0.4, -0.2) is 62.7 Å². The first-order valence-electron chi connectivity index (χ1n) is 11.2. The summed E-state index contributed by atoms with van der Waals surface area (Å²) < 4.78 is 54.7. The van der Waals surface area contributed by atoms with Gasteiger partial charge < -0.3 is 10.2 Å². The molecule has 35 heavy (non-hydrogen) atoms. The van der Waals surface area contributed by atoms with Crippen molar-refractivity contribution in [3.8, 4) is 0 Å². The Balaban J connectivity index is 2.39. The lowest BCUT2D eigenvalue weighted by Crippen LogP contribution is -2.52. The fourth-order valence-corrected chi connectivity index (χ4v) is 4.29. The van der Waals surface area contributed by atoms with E-state index in [1.54, 1.807) is 6.92 Å². The van der Waals surface area contributed by atoms with Crippen LogP contribution in [0.5, 0.6) is 0 Å². The predicted octanol–water partition coefficient (Wildman–Crippen LogP) is 2.91. The van der Waals surface area contributed by atoms with Gasteiger partial charge in [0.15, 0.2) is 0 Å². The maximum absolute atomic E-state index is 13.5. The summed E-state index contributed by atoms with van der Waals surface area (Å²) in [7, 11) is -1.50. The number of halogens is 2. The Labute approximate surface area is 205 Å². The minimum Gasteiger partial charge on any atom is -0.354 e. The number of hydrogen-bond acceptors (Lipinski definition) is 4. The van der Waals surface area contributed by atoms with Gasteiger partial charge in [-0.2, -0.15) is 12.7 Å². The average Bonchev–Trinajstić information content (AvgIpc) is 2.82. The van der Waals surface area contributed by atoms with Gasteiger partial charge in [-0.3, -0.25) is 9.59 Å². The lowest BCUT2D eigenvalue weighted by molar-refractivity contribution is -0.139. The van der Waals surface area contributed by atoms with Crippen LogP contribution < -0.4 is 9.62 Å². The van der Waals surface area contributed by atoms with Crippen molar-refractivity contribution in [1.82, 2.24) is 14.5 Å². The molecule has 2 amide bonds. The Kier molecular flexibility index (Phi) is 10.1. The highest BCUT2D eigenvalue weighted by atomic mass is 32.2. The fourth-order valence-electron chi connectivity index (χ4n) is 3.23. The molecule has 1 N–H and O–H groups in total. The molecular formula is C24H32F2N4O4S. The number of nitrogens with zero attached hydrogens (tertiary/aromatic N) is 3. The Morgan fingerprint density at radius 2 is 1.51 bits per heavy atom. The van der Waals surface area contributed by atoms with Gasteiger partial charge in [0.05, 0.1) is 5.69 Å². The molecule has 0 saturated heterocycles. The van der Waals surface area contributed by atoms with Crippen LogP contribution in [0.3, 0.4) is 0 Å². The molecule has 192 valence electrons. The van der Waals surface area contributed by atoms with Crippen LogP contribution >= 0.6 is 0 Å². The van der Waals surface area contributed by atoms with E-state index in [-0.39, 0.29) is 12.2 Å². The van der Waals surface area contributed by atoms with E-state index in [2.05, 4.69) is 5.32 Å². The first kappa shape index (κ1) is 28.2. The predicted molar refractivity (Wildman–Crippen MR) is 131 cm³/mol. The van der Waals surface area contributed by atoms with Gasteiger partial charge in [0.25, 0.3) is 0 Å². The molecule has 0 aliphatic carbocycles. The van der Waals surface area contributed by atoms with Gasteiger partial charge in [-0.15, -0.1) is 0 Å². The molecule has 0 radical (unpaired) electrons. The molecule has 0 bridgehead atoms. The molecule has 8 nitrogen and oxygen atoms in total. The zero-order valence-corrected chi connectivity index (χ0v) is 21.2. The molecule has 2 aromatic carbocycles. The molecule has 2 rings (SSSR count). The van der Waals surface area contributed by atoms with Crippen LogP contribution in [0.25, 0.3) is 0 Å². The molecular weight excluding hydrogens is 478 g/mol. The molecule has 0 aromatic heterocycles. The Bertz CT molecular complexity index is 1090. The SMILES string of the molecule is CCCCNC(=O)[C@H](C)N(Cc1ccc(F)cc1)C(=O)CN(c1ccc(F)cc1)S(=O)(=O)N(C)C. The highest BCUT2D eigenvalue weighted by Gasteiger charge is 2.32. The number of carbonyl (C=O) groups is 2. The van der Waals surface area contributed by atoms with Gasteiger partial charge >= 0.3 is 10.2 Å². The summed E-state index contributed by atoms with van der Waals surface area (Å²) in [6.45, 7) is 3.30. The van der Waals surface area contributed by atoms with E-state index in [4.69, 9.17) is 0 Å². The van der Waals surface area contributed by atoms with Crippen molar-refractivity contribution in [1.29, 1.82) is 0 Å². The number of rotatable bonds is 12. The molecule has 0 saturated carbocycles. The van der Waals surface area contributed by atoms with Gasteiger partial charge in [-0.25, -0.2) is 13.1 Å². The van der Waals surface area contributed by atoms with Crippen LogP contribution in [-0.2, 0) is 26.3 Å². The maximum Gasteiger partial charge on any atom is 0.304 e. The van der Waals surface area contributed by atoms with Crippen molar-refractivity contribution in [3.05, 3.63) is 65.7 Å². The second-order valence-corrected chi connectivity index (χ2v) is 10.3. The topological polar surface area (TPSA) is 90.0 Å². The molecule has 0 aliphatic rings. The third-order valence-corrected chi connectivity index (χ3v) is 7.22. The summed E-state index contributed by atoms with van der Waals surface area (Å²) in [5.74, 6) is -2.05. The number of benzene rings is 2. The average molecular weight is 511 g/mol. The second kappa shape index (κ2) is 12.6. The highest BCUT2D eigenvalue weighted by Crippen LogP contribution is 2.21. The quantitative estimate of drug-likeness (QED) is 0.445. The zero-order chi connectivity index (χ0) is 26.2. The fraction of sp³-hybridized carbons (Fsp3) is 0.417. The van der Waals surface area contributed by atoms with Gasteiger partial charge in [0.2, 0.25) is 11.8 Å². The van der Waals surface area contributed by atoms with E-state index in [1.807, 2.05) is 6.92 Å². The van der Waals surface area contributed by atoms with Crippen molar-refractivity contribution in [3.63, 3.8) is 0 Å². The molecule has 11 heteroatoms. The molecule has 0 unspecified atom stereocenters. The summed E-state index contributed by atoms with van der Waals surface area (Å²) in [6.07, 6.45) is 1.64. The second-order valence-electron chi connectivity index (χ2n) is 8.24. The van der Waals surface area contributed by atoms with Crippen LogP contribution in [0.2, 0.25) is 0 Å². The van der Waals surface area contributed by atoms with Crippen LogP contribution in [0.15, 0.2) is 48.5 Å². The Hall–Kier alpha value is -3.05. The van der Waals surface area contributed by atoms with Crippen molar-refractivity contribution in [2.45, 2.75) is 39.3 Å². The van der Waals surface area contributed by atoms with E-state index in [0.29, 0.717) is 12.1 Å². The summed E-state index contributed by atoms with van der Waals surface area (Å²) >= 11 is 0. The lowest BCUT2D eigenvalue weighted by atomic mass is 10.1. The minimum atomic E-state index is -4.13. The molecule has 0 spiro atoms. The number of amides is 2. The van der Waals surface area contributed by atoms with E-state index in [0.717, 1.165) is 33.6 Å². The third-order valence-electron chi connectivity index (χ3n) is 5.40. The van der Waals surface area contributed by atoms with Gasteiger partial charge in [-0.05, 0) is 55.3 Å². The first-order valence-corrected chi connectivity index (χ1v) is 12.6. The van der Waals surface area contributed by atoms with Gasteiger partial charge in [0, 0.05) is 27.2 Å². The largest absolute Gasteiger partial charge is 0.354 e. The molecule has 0 heterocycles. The third kappa shape index (κ3) is 7.72. The Morgan fingerprint density at radius 1 is 0.971 bits per heavy atom. The lowest BCUT2D eigenvalue weighted by Gasteiger charge is -2.32. The smallest absolute Gasteiger partial charge is 0.304 e. The van der Waals surface area contributed by atoms with Crippen LogP contribution in [0.4, 0.5) is 14.5 Å². The number of anilines is 1. The monoisotopic (exact) mass is 510 g/mol. The minimum absolute atomic E-state index is 0.0409. The Morgan fingerprint density at radius 3 is 2.03 bits per heavy atom. The number of unbranched alkanes of at least 4 members (excludes halogenated alkanes) is 1. The molecule has 1 atom stereocenters.